The van der Waals surface area contributed by atoms with Crippen molar-refractivity contribution in [3.8, 4) is 5.75 Å². The maximum absolute atomic E-state index is 12.2. The highest BCUT2D eigenvalue weighted by atomic mass is 32.1. The van der Waals surface area contributed by atoms with Gasteiger partial charge in [-0.05, 0) is 25.1 Å². The molecule has 3 aromatic rings. The number of amides is 1. The van der Waals surface area contributed by atoms with Crippen LogP contribution in [0.25, 0.3) is 10.2 Å². The van der Waals surface area contributed by atoms with E-state index in [-0.39, 0.29) is 12.3 Å². The second kappa shape index (κ2) is 7.31. The number of carbonyl (C=O) groups is 2. The van der Waals surface area contributed by atoms with Gasteiger partial charge in [0.1, 0.15) is 12.3 Å². The third-order valence-electron chi connectivity index (χ3n) is 3.33. The highest BCUT2D eigenvalue weighted by Gasteiger charge is 2.14. The quantitative estimate of drug-likeness (QED) is 0.645. The normalized spacial score (nSPS) is 11.7. The van der Waals surface area contributed by atoms with Gasteiger partial charge in [0.15, 0.2) is 4.80 Å². The van der Waals surface area contributed by atoms with Crippen molar-refractivity contribution < 1.29 is 23.6 Å². The summed E-state index contributed by atoms with van der Waals surface area (Å²) in [4.78, 5) is 28.3. The van der Waals surface area contributed by atoms with E-state index >= 15 is 0 Å². The number of thiazole rings is 1. The number of hydrogen-bond acceptors (Lipinski definition) is 7. The molecule has 0 aliphatic rings. The minimum Gasteiger partial charge on any atom is -0.494 e. The van der Waals surface area contributed by atoms with Crippen molar-refractivity contribution in [3.05, 3.63) is 41.0 Å². The van der Waals surface area contributed by atoms with Gasteiger partial charge in [-0.25, -0.2) is 0 Å². The smallest absolute Gasteiger partial charge is 0.325 e. The molecule has 2 aromatic heterocycles. The molecule has 1 aromatic carbocycles. The SMILES string of the molecule is CCOc1ccc2c(c1)sc(=NC(=O)c1ccno1)n2CC(=O)OC. The van der Waals surface area contributed by atoms with E-state index in [4.69, 9.17) is 14.0 Å². The molecule has 0 N–H and O–H groups in total. The predicted molar refractivity (Wildman–Crippen MR) is 89.4 cm³/mol. The van der Waals surface area contributed by atoms with Crippen molar-refractivity contribution in [3.63, 3.8) is 0 Å². The number of fused-ring (bicyclic) bond motifs is 1. The lowest BCUT2D eigenvalue weighted by Gasteiger charge is -2.05. The molecule has 0 saturated heterocycles. The van der Waals surface area contributed by atoms with Crippen molar-refractivity contribution in [2.45, 2.75) is 13.5 Å². The average Bonchev–Trinajstić information content (AvgIpc) is 3.24. The van der Waals surface area contributed by atoms with Crippen LogP contribution in [0, 0.1) is 0 Å². The zero-order valence-electron chi connectivity index (χ0n) is 13.6. The van der Waals surface area contributed by atoms with Gasteiger partial charge in [0.05, 0.1) is 30.1 Å². The summed E-state index contributed by atoms with van der Waals surface area (Å²) in [6, 6.07) is 6.89. The van der Waals surface area contributed by atoms with Gasteiger partial charge in [0.25, 0.3) is 0 Å². The number of esters is 1. The Morgan fingerprint density at radius 2 is 2.20 bits per heavy atom. The molecular weight excluding hydrogens is 346 g/mol. The summed E-state index contributed by atoms with van der Waals surface area (Å²) >= 11 is 1.27. The Morgan fingerprint density at radius 3 is 2.88 bits per heavy atom. The van der Waals surface area contributed by atoms with Crippen LogP contribution in [-0.4, -0.2) is 35.3 Å². The van der Waals surface area contributed by atoms with Crippen LogP contribution in [0.5, 0.6) is 5.75 Å². The number of benzene rings is 1. The topological polar surface area (TPSA) is 95.9 Å². The van der Waals surface area contributed by atoms with Crippen molar-refractivity contribution in [1.82, 2.24) is 9.72 Å². The predicted octanol–water partition coefficient (Wildman–Crippen LogP) is 2.00. The summed E-state index contributed by atoms with van der Waals surface area (Å²) in [6.45, 7) is 2.38. The fraction of sp³-hybridized carbons (Fsp3) is 0.250. The Morgan fingerprint density at radius 1 is 1.36 bits per heavy atom. The number of hydrogen-bond donors (Lipinski definition) is 0. The van der Waals surface area contributed by atoms with Gasteiger partial charge in [-0.2, -0.15) is 4.99 Å². The number of carbonyl (C=O) groups excluding carboxylic acids is 2. The fourth-order valence-electron chi connectivity index (χ4n) is 2.21. The molecule has 9 heteroatoms. The van der Waals surface area contributed by atoms with Crippen LogP contribution < -0.4 is 9.54 Å². The van der Waals surface area contributed by atoms with Crippen LogP contribution in [0.3, 0.4) is 0 Å². The van der Waals surface area contributed by atoms with Crippen molar-refractivity contribution in [2.75, 3.05) is 13.7 Å². The molecule has 0 saturated carbocycles. The molecule has 0 radical (unpaired) electrons. The maximum atomic E-state index is 12.2. The maximum Gasteiger partial charge on any atom is 0.325 e. The van der Waals surface area contributed by atoms with E-state index in [0.29, 0.717) is 17.2 Å². The van der Waals surface area contributed by atoms with Crippen LogP contribution in [-0.2, 0) is 16.1 Å². The van der Waals surface area contributed by atoms with E-state index in [1.807, 2.05) is 19.1 Å². The van der Waals surface area contributed by atoms with Gasteiger partial charge in [-0.3, -0.25) is 9.59 Å². The average molecular weight is 361 g/mol. The van der Waals surface area contributed by atoms with E-state index in [0.717, 1.165) is 10.2 Å². The Labute approximate surface area is 146 Å². The van der Waals surface area contributed by atoms with Crippen LogP contribution in [0.2, 0.25) is 0 Å². The van der Waals surface area contributed by atoms with E-state index < -0.39 is 11.9 Å². The lowest BCUT2D eigenvalue weighted by atomic mass is 10.3. The van der Waals surface area contributed by atoms with Crippen molar-refractivity contribution in [1.29, 1.82) is 0 Å². The second-order valence-corrected chi connectivity index (χ2v) is 5.91. The molecule has 1 amide bonds. The number of ether oxygens (including phenoxy) is 2. The summed E-state index contributed by atoms with van der Waals surface area (Å²) < 4.78 is 17.5. The Balaban J connectivity index is 2.12. The summed E-state index contributed by atoms with van der Waals surface area (Å²) in [5, 5.41) is 3.49. The first kappa shape index (κ1) is 16.9. The molecule has 0 aliphatic heterocycles. The first-order valence-electron chi connectivity index (χ1n) is 7.45. The van der Waals surface area contributed by atoms with E-state index in [1.54, 1.807) is 10.6 Å². The number of rotatable bonds is 5. The van der Waals surface area contributed by atoms with E-state index in [9.17, 15) is 9.59 Å². The summed E-state index contributed by atoms with van der Waals surface area (Å²) in [5.41, 5.74) is 0.753. The van der Waals surface area contributed by atoms with Crippen LogP contribution >= 0.6 is 11.3 Å². The third kappa shape index (κ3) is 3.61. The van der Waals surface area contributed by atoms with Gasteiger partial charge in [0.2, 0.25) is 5.76 Å². The Hall–Kier alpha value is -2.94. The monoisotopic (exact) mass is 361 g/mol. The molecule has 0 aliphatic carbocycles. The molecule has 3 rings (SSSR count). The first-order valence-corrected chi connectivity index (χ1v) is 8.26. The summed E-state index contributed by atoms with van der Waals surface area (Å²) in [7, 11) is 1.31. The second-order valence-electron chi connectivity index (χ2n) is 4.90. The molecule has 0 atom stereocenters. The summed E-state index contributed by atoms with van der Waals surface area (Å²) in [5.74, 6) is -0.290. The number of aromatic nitrogens is 2. The Bertz CT molecular complexity index is 971. The number of nitrogens with zero attached hydrogens (tertiary/aromatic N) is 3. The zero-order chi connectivity index (χ0) is 17.8. The van der Waals surface area contributed by atoms with Crippen LogP contribution in [0.15, 0.2) is 40.0 Å². The van der Waals surface area contributed by atoms with Gasteiger partial charge >= 0.3 is 11.9 Å². The molecule has 25 heavy (non-hydrogen) atoms. The molecule has 0 unspecified atom stereocenters. The number of methoxy groups -OCH3 is 1. The van der Waals surface area contributed by atoms with E-state index in [1.165, 1.54) is 30.7 Å². The van der Waals surface area contributed by atoms with Crippen molar-refractivity contribution >= 4 is 33.4 Å². The first-order chi connectivity index (χ1) is 12.1. The van der Waals surface area contributed by atoms with Gasteiger partial charge in [-0.1, -0.05) is 16.5 Å². The Kier molecular flexibility index (Phi) is 4.94. The standard InChI is InChI=1S/C16H15N3O5S/c1-3-23-10-4-5-11-13(8-10)25-16(19(11)9-14(20)22-2)18-15(21)12-6-7-17-24-12/h4-8H,3,9H2,1-2H3. The molecule has 0 bridgehead atoms. The molecular formula is C16H15N3O5S. The molecule has 0 spiro atoms. The zero-order valence-corrected chi connectivity index (χ0v) is 14.4. The van der Waals surface area contributed by atoms with Gasteiger partial charge in [0, 0.05) is 6.07 Å². The highest BCUT2D eigenvalue weighted by Crippen LogP contribution is 2.23. The minimum atomic E-state index is -0.576. The lowest BCUT2D eigenvalue weighted by molar-refractivity contribution is -0.141. The molecule has 8 nitrogen and oxygen atoms in total. The van der Waals surface area contributed by atoms with Crippen LogP contribution in [0.4, 0.5) is 0 Å². The minimum absolute atomic E-state index is 0.0251. The fourth-order valence-corrected chi connectivity index (χ4v) is 3.27. The molecule has 2 heterocycles. The summed E-state index contributed by atoms with van der Waals surface area (Å²) in [6.07, 6.45) is 1.37. The van der Waals surface area contributed by atoms with Gasteiger partial charge < -0.3 is 18.6 Å². The largest absolute Gasteiger partial charge is 0.494 e. The van der Waals surface area contributed by atoms with E-state index in [2.05, 4.69) is 10.1 Å². The lowest BCUT2D eigenvalue weighted by Crippen LogP contribution is -2.22. The molecule has 0 fully saturated rings. The third-order valence-corrected chi connectivity index (χ3v) is 4.37. The van der Waals surface area contributed by atoms with Crippen molar-refractivity contribution in [2.24, 2.45) is 4.99 Å². The van der Waals surface area contributed by atoms with Gasteiger partial charge in [-0.15, -0.1) is 0 Å². The molecule has 130 valence electrons. The van der Waals surface area contributed by atoms with Crippen LogP contribution in [0.1, 0.15) is 17.5 Å². The highest BCUT2D eigenvalue weighted by molar-refractivity contribution is 7.16.